The summed E-state index contributed by atoms with van der Waals surface area (Å²) >= 11 is 3.20. The van der Waals surface area contributed by atoms with Crippen molar-refractivity contribution >= 4 is 37.5 Å². The number of aryl methyl sites for hydroxylation is 1. The fourth-order valence-electron chi connectivity index (χ4n) is 1.55. The third-order valence-electron chi connectivity index (χ3n) is 2.53. The average Bonchev–Trinajstić information content (AvgIpc) is 2.38. The lowest BCUT2D eigenvalue weighted by atomic mass is 10.2. The number of nitrogen functional groups attached to an aromatic ring is 1. The lowest BCUT2D eigenvalue weighted by Gasteiger charge is -2.09. The van der Waals surface area contributed by atoms with Gasteiger partial charge in [-0.15, -0.1) is 0 Å². The molecule has 0 unspecified atom stereocenters. The van der Waals surface area contributed by atoms with Crippen LogP contribution in [0.3, 0.4) is 0 Å². The van der Waals surface area contributed by atoms with Crippen LogP contribution in [0.1, 0.15) is 5.56 Å². The van der Waals surface area contributed by atoms with Crippen LogP contribution >= 0.6 is 15.9 Å². The van der Waals surface area contributed by atoms with E-state index in [1.807, 2.05) is 0 Å². The number of benzene rings is 1. The molecule has 0 aliphatic heterocycles. The molecule has 8 heteroatoms. The van der Waals surface area contributed by atoms with Crippen molar-refractivity contribution in [2.45, 2.75) is 11.8 Å². The Bertz CT molecular complexity index is 725. The van der Waals surface area contributed by atoms with E-state index in [0.29, 0.717) is 0 Å². The van der Waals surface area contributed by atoms with Gasteiger partial charge in [-0.05, 0) is 52.7 Å². The van der Waals surface area contributed by atoms with Crippen molar-refractivity contribution in [1.29, 1.82) is 0 Å². The Morgan fingerprint density at radius 3 is 2.60 bits per heavy atom. The first-order chi connectivity index (χ1) is 9.29. The van der Waals surface area contributed by atoms with Gasteiger partial charge in [-0.3, -0.25) is 4.72 Å². The monoisotopic (exact) mass is 359 g/mol. The van der Waals surface area contributed by atoms with Crippen LogP contribution < -0.4 is 10.5 Å². The Morgan fingerprint density at radius 1 is 1.35 bits per heavy atom. The number of hydrogen-bond acceptors (Lipinski definition) is 4. The standard InChI is InChI=1S/C12H11BrFN3O2S/c1-7-4-9(5-10(15)12(7)14)20(18,19)17-11-3-2-8(13)6-16-11/h2-6H,15H2,1H3,(H,16,17). The topological polar surface area (TPSA) is 85.1 Å². The predicted molar refractivity (Wildman–Crippen MR) is 78.3 cm³/mol. The van der Waals surface area contributed by atoms with E-state index in [0.717, 1.165) is 10.5 Å². The lowest BCUT2D eigenvalue weighted by Crippen LogP contribution is -2.14. The second-order valence-electron chi connectivity index (χ2n) is 4.11. The van der Waals surface area contributed by atoms with E-state index >= 15 is 0 Å². The molecule has 1 aromatic carbocycles. The first-order valence-corrected chi connectivity index (χ1v) is 7.77. The minimum absolute atomic E-state index is 0.112. The predicted octanol–water partition coefficient (Wildman–Crippen LogP) is 2.67. The molecule has 1 aromatic heterocycles. The summed E-state index contributed by atoms with van der Waals surface area (Å²) in [5.41, 5.74) is 5.39. The molecule has 2 aromatic rings. The Balaban J connectivity index is 2.38. The van der Waals surface area contributed by atoms with E-state index in [2.05, 4.69) is 25.6 Å². The number of sulfonamides is 1. The summed E-state index contributed by atoms with van der Waals surface area (Å²) in [7, 11) is -3.86. The zero-order valence-corrected chi connectivity index (χ0v) is 12.8. The molecule has 0 bridgehead atoms. The summed E-state index contributed by atoms with van der Waals surface area (Å²) in [6.07, 6.45) is 1.46. The highest BCUT2D eigenvalue weighted by atomic mass is 79.9. The minimum atomic E-state index is -3.86. The largest absolute Gasteiger partial charge is 0.396 e. The van der Waals surface area contributed by atoms with Gasteiger partial charge in [0.05, 0.1) is 10.6 Å². The molecule has 0 radical (unpaired) electrons. The lowest BCUT2D eigenvalue weighted by molar-refractivity contribution is 0.599. The molecule has 5 nitrogen and oxygen atoms in total. The van der Waals surface area contributed by atoms with Gasteiger partial charge in [0.15, 0.2) is 0 Å². The Hall–Kier alpha value is -1.67. The van der Waals surface area contributed by atoms with E-state index < -0.39 is 15.8 Å². The van der Waals surface area contributed by atoms with Gasteiger partial charge in [0.2, 0.25) is 0 Å². The molecule has 0 aliphatic carbocycles. The number of nitrogens with one attached hydrogen (secondary N) is 1. The van der Waals surface area contributed by atoms with Crippen LogP contribution in [0.4, 0.5) is 15.9 Å². The van der Waals surface area contributed by atoms with Gasteiger partial charge in [0, 0.05) is 10.7 Å². The molecule has 0 amide bonds. The van der Waals surface area contributed by atoms with Crippen molar-refractivity contribution in [3.63, 3.8) is 0 Å². The first-order valence-electron chi connectivity index (χ1n) is 5.49. The summed E-state index contributed by atoms with van der Waals surface area (Å²) in [4.78, 5) is 3.80. The van der Waals surface area contributed by atoms with Crippen LogP contribution in [0, 0.1) is 12.7 Å². The highest BCUT2D eigenvalue weighted by molar-refractivity contribution is 9.10. The molecule has 106 valence electrons. The number of nitrogens with zero attached hydrogens (tertiary/aromatic N) is 1. The minimum Gasteiger partial charge on any atom is -0.396 e. The summed E-state index contributed by atoms with van der Waals surface area (Å²) in [6.45, 7) is 1.45. The number of anilines is 2. The summed E-state index contributed by atoms with van der Waals surface area (Å²) in [5, 5.41) is 0. The molecule has 0 saturated heterocycles. The number of hydrogen-bond donors (Lipinski definition) is 2. The average molecular weight is 360 g/mol. The molecule has 2 rings (SSSR count). The van der Waals surface area contributed by atoms with Gasteiger partial charge in [0.25, 0.3) is 10.0 Å². The van der Waals surface area contributed by atoms with Gasteiger partial charge in [0.1, 0.15) is 11.6 Å². The van der Waals surface area contributed by atoms with Crippen LogP contribution in [0.2, 0.25) is 0 Å². The highest BCUT2D eigenvalue weighted by Crippen LogP contribution is 2.22. The van der Waals surface area contributed by atoms with E-state index in [4.69, 9.17) is 5.73 Å². The highest BCUT2D eigenvalue weighted by Gasteiger charge is 2.18. The number of nitrogens with two attached hydrogens (primary N) is 1. The van der Waals surface area contributed by atoms with Crippen molar-refractivity contribution in [3.05, 3.63) is 46.3 Å². The fourth-order valence-corrected chi connectivity index (χ4v) is 2.91. The van der Waals surface area contributed by atoms with Gasteiger partial charge in [-0.2, -0.15) is 0 Å². The van der Waals surface area contributed by atoms with Gasteiger partial charge in [-0.1, -0.05) is 0 Å². The van der Waals surface area contributed by atoms with Crippen LogP contribution in [-0.2, 0) is 10.0 Å². The molecule has 0 saturated carbocycles. The maximum Gasteiger partial charge on any atom is 0.263 e. The molecule has 20 heavy (non-hydrogen) atoms. The second-order valence-corrected chi connectivity index (χ2v) is 6.71. The van der Waals surface area contributed by atoms with Gasteiger partial charge < -0.3 is 5.73 Å². The van der Waals surface area contributed by atoms with Crippen LogP contribution in [-0.4, -0.2) is 13.4 Å². The summed E-state index contributed by atoms with van der Waals surface area (Å²) < 4.78 is 40.8. The number of pyridine rings is 1. The van der Waals surface area contributed by atoms with Gasteiger partial charge in [-0.25, -0.2) is 17.8 Å². The Kier molecular flexibility index (Phi) is 3.96. The zero-order valence-electron chi connectivity index (χ0n) is 10.4. The third-order valence-corrected chi connectivity index (χ3v) is 4.34. The fraction of sp³-hybridized carbons (Fsp3) is 0.0833. The van der Waals surface area contributed by atoms with E-state index in [1.54, 1.807) is 6.07 Å². The van der Waals surface area contributed by atoms with Crippen molar-refractivity contribution in [3.8, 4) is 0 Å². The molecule has 0 fully saturated rings. The molecule has 0 aliphatic rings. The van der Waals surface area contributed by atoms with Crippen LogP contribution in [0.5, 0.6) is 0 Å². The van der Waals surface area contributed by atoms with E-state index in [-0.39, 0.29) is 22.0 Å². The van der Waals surface area contributed by atoms with Crippen molar-refractivity contribution in [2.75, 3.05) is 10.5 Å². The molecule has 0 spiro atoms. The third kappa shape index (κ3) is 3.07. The summed E-state index contributed by atoms with van der Waals surface area (Å²) in [6, 6.07) is 5.44. The van der Waals surface area contributed by atoms with Crippen LogP contribution in [0.25, 0.3) is 0 Å². The van der Waals surface area contributed by atoms with E-state index in [1.165, 1.54) is 25.3 Å². The van der Waals surface area contributed by atoms with Crippen molar-refractivity contribution in [1.82, 2.24) is 4.98 Å². The smallest absolute Gasteiger partial charge is 0.263 e. The maximum atomic E-state index is 13.4. The van der Waals surface area contributed by atoms with Crippen LogP contribution in [0.15, 0.2) is 39.8 Å². The summed E-state index contributed by atoms with van der Waals surface area (Å²) in [5.74, 6) is -0.459. The normalized spacial score (nSPS) is 11.3. The number of rotatable bonds is 3. The Morgan fingerprint density at radius 2 is 2.05 bits per heavy atom. The first kappa shape index (κ1) is 14.7. The quantitative estimate of drug-likeness (QED) is 0.825. The van der Waals surface area contributed by atoms with Crippen molar-refractivity contribution in [2.24, 2.45) is 0 Å². The molecule has 1 heterocycles. The molecular weight excluding hydrogens is 349 g/mol. The zero-order chi connectivity index (χ0) is 14.9. The maximum absolute atomic E-state index is 13.4. The number of aromatic nitrogens is 1. The molecule has 0 atom stereocenters. The SMILES string of the molecule is Cc1cc(S(=O)(=O)Nc2ccc(Br)cn2)cc(N)c1F. The second kappa shape index (κ2) is 5.37. The molecular formula is C12H11BrFN3O2S. The Labute approximate surface area is 124 Å². The molecule has 3 N–H and O–H groups in total. The van der Waals surface area contributed by atoms with Gasteiger partial charge >= 0.3 is 0 Å². The van der Waals surface area contributed by atoms with Crippen molar-refractivity contribution < 1.29 is 12.8 Å². The van der Waals surface area contributed by atoms with E-state index in [9.17, 15) is 12.8 Å². The number of halogens is 2.